The maximum absolute atomic E-state index is 10.2. The second-order valence-electron chi connectivity index (χ2n) is 7.02. The topological polar surface area (TPSA) is 39.6 Å². The van der Waals surface area contributed by atoms with Gasteiger partial charge in [0.15, 0.2) is 5.75 Å². The van der Waals surface area contributed by atoms with Crippen molar-refractivity contribution in [1.82, 2.24) is 14.8 Å². The van der Waals surface area contributed by atoms with Gasteiger partial charge >= 0.3 is 0 Å². The molecule has 1 aliphatic heterocycles. The smallest absolute Gasteiger partial charge is 0.156 e. The van der Waals surface area contributed by atoms with E-state index in [1.54, 1.807) is 6.20 Å². The molecule has 1 saturated heterocycles. The van der Waals surface area contributed by atoms with Gasteiger partial charge < -0.3 is 5.11 Å². The van der Waals surface area contributed by atoms with Gasteiger partial charge in [-0.1, -0.05) is 18.9 Å². The molecular formula is C19H24BrN3O. The zero-order valence-electron chi connectivity index (χ0n) is 13.9. The molecule has 4 rings (SSSR count). The van der Waals surface area contributed by atoms with E-state index < -0.39 is 0 Å². The lowest BCUT2D eigenvalue weighted by Gasteiger charge is -2.38. The van der Waals surface area contributed by atoms with Crippen LogP contribution in [0.1, 0.15) is 31.2 Å². The first-order valence-corrected chi connectivity index (χ1v) is 9.73. The lowest BCUT2D eigenvalue weighted by atomic mass is 10.1. The Morgan fingerprint density at radius 1 is 1.17 bits per heavy atom. The molecular weight excluding hydrogens is 366 g/mol. The third kappa shape index (κ3) is 3.17. The molecule has 2 heterocycles. The molecule has 1 saturated carbocycles. The van der Waals surface area contributed by atoms with Crippen LogP contribution in [0.2, 0.25) is 0 Å². The Morgan fingerprint density at radius 3 is 2.67 bits per heavy atom. The van der Waals surface area contributed by atoms with E-state index in [1.165, 1.54) is 44.3 Å². The first kappa shape index (κ1) is 16.3. The van der Waals surface area contributed by atoms with Gasteiger partial charge in [-0.15, -0.1) is 0 Å². The number of hydrogen-bond donors (Lipinski definition) is 1. The van der Waals surface area contributed by atoms with E-state index in [9.17, 15) is 5.11 Å². The van der Waals surface area contributed by atoms with Crippen LogP contribution >= 0.6 is 15.9 Å². The standard InChI is InChI=1S/C19H24BrN3O/c20-17-12-14(16-6-3-7-21-18(16)19(17)24)13-22-8-10-23(11-9-22)15-4-1-2-5-15/h3,6-7,12,15,24H,1-2,4-5,8-11,13H2. The zero-order chi connectivity index (χ0) is 16.5. The Hall–Kier alpha value is -1.17. The van der Waals surface area contributed by atoms with E-state index in [2.05, 4.69) is 36.8 Å². The lowest BCUT2D eigenvalue weighted by molar-refractivity contribution is 0.0939. The number of aromatic hydroxyl groups is 1. The van der Waals surface area contributed by atoms with Crippen molar-refractivity contribution in [2.45, 2.75) is 38.3 Å². The van der Waals surface area contributed by atoms with E-state index in [0.29, 0.717) is 5.52 Å². The van der Waals surface area contributed by atoms with Crippen LogP contribution in [0.3, 0.4) is 0 Å². The van der Waals surface area contributed by atoms with Gasteiger partial charge in [-0.2, -0.15) is 0 Å². The molecule has 24 heavy (non-hydrogen) atoms. The zero-order valence-corrected chi connectivity index (χ0v) is 15.5. The molecule has 1 N–H and O–H groups in total. The number of phenols is 1. The Bertz CT molecular complexity index is 722. The highest BCUT2D eigenvalue weighted by molar-refractivity contribution is 9.10. The van der Waals surface area contributed by atoms with E-state index >= 15 is 0 Å². The summed E-state index contributed by atoms with van der Waals surface area (Å²) in [6, 6.07) is 6.87. The van der Waals surface area contributed by atoms with Crippen LogP contribution in [0, 0.1) is 0 Å². The minimum absolute atomic E-state index is 0.236. The Kier molecular flexibility index (Phi) is 4.74. The first-order chi connectivity index (χ1) is 11.7. The van der Waals surface area contributed by atoms with Crippen molar-refractivity contribution >= 4 is 26.8 Å². The molecule has 2 fully saturated rings. The molecule has 1 aromatic heterocycles. The second kappa shape index (κ2) is 6.98. The number of aromatic nitrogens is 1. The van der Waals surface area contributed by atoms with Crippen molar-refractivity contribution < 1.29 is 5.11 Å². The summed E-state index contributed by atoms with van der Waals surface area (Å²) < 4.78 is 0.730. The summed E-state index contributed by atoms with van der Waals surface area (Å²) in [5.41, 5.74) is 1.92. The number of phenolic OH excluding ortho intramolecular Hbond substituents is 1. The molecule has 0 unspecified atom stereocenters. The number of benzene rings is 1. The highest BCUT2D eigenvalue weighted by Crippen LogP contribution is 2.34. The van der Waals surface area contributed by atoms with Gasteiger partial charge in [-0.3, -0.25) is 14.8 Å². The predicted octanol–water partition coefficient (Wildman–Crippen LogP) is 3.76. The van der Waals surface area contributed by atoms with Crippen molar-refractivity contribution in [2.24, 2.45) is 0 Å². The van der Waals surface area contributed by atoms with Gasteiger partial charge in [-0.25, -0.2) is 0 Å². The second-order valence-corrected chi connectivity index (χ2v) is 7.87. The van der Waals surface area contributed by atoms with Gasteiger partial charge in [0.05, 0.1) is 4.47 Å². The highest BCUT2D eigenvalue weighted by atomic mass is 79.9. The van der Waals surface area contributed by atoms with Crippen LogP contribution in [0.4, 0.5) is 0 Å². The van der Waals surface area contributed by atoms with Gasteiger partial charge in [0.2, 0.25) is 0 Å². The average molecular weight is 390 g/mol. The number of hydrogen-bond acceptors (Lipinski definition) is 4. The maximum atomic E-state index is 10.2. The Labute approximate surface area is 151 Å². The summed E-state index contributed by atoms with van der Waals surface area (Å²) >= 11 is 3.47. The monoisotopic (exact) mass is 389 g/mol. The number of rotatable bonds is 3. The van der Waals surface area contributed by atoms with Crippen LogP contribution < -0.4 is 0 Å². The summed E-state index contributed by atoms with van der Waals surface area (Å²) in [4.78, 5) is 9.57. The minimum Gasteiger partial charge on any atom is -0.505 e. The molecule has 1 aliphatic carbocycles. The van der Waals surface area contributed by atoms with Crippen LogP contribution in [-0.2, 0) is 6.54 Å². The fraction of sp³-hybridized carbons (Fsp3) is 0.526. The van der Waals surface area contributed by atoms with Crippen molar-refractivity contribution in [3.63, 3.8) is 0 Å². The molecule has 2 aromatic rings. The quantitative estimate of drug-likeness (QED) is 0.867. The van der Waals surface area contributed by atoms with E-state index in [-0.39, 0.29) is 5.75 Å². The number of halogens is 1. The normalized spacial score (nSPS) is 20.9. The average Bonchev–Trinajstić information content (AvgIpc) is 3.15. The maximum Gasteiger partial charge on any atom is 0.156 e. The molecule has 0 amide bonds. The highest BCUT2D eigenvalue weighted by Gasteiger charge is 2.26. The summed E-state index contributed by atoms with van der Waals surface area (Å²) in [5, 5.41) is 11.3. The Morgan fingerprint density at radius 2 is 1.92 bits per heavy atom. The van der Waals surface area contributed by atoms with Crippen LogP contribution in [0.5, 0.6) is 5.75 Å². The van der Waals surface area contributed by atoms with E-state index in [0.717, 1.165) is 35.5 Å². The molecule has 0 bridgehead atoms. The van der Waals surface area contributed by atoms with Crippen molar-refractivity contribution in [3.05, 3.63) is 34.4 Å². The molecule has 2 aliphatic rings. The number of piperazine rings is 1. The van der Waals surface area contributed by atoms with E-state index in [1.807, 2.05) is 12.1 Å². The number of fused-ring (bicyclic) bond motifs is 1. The van der Waals surface area contributed by atoms with E-state index in [4.69, 9.17) is 0 Å². The molecule has 5 heteroatoms. The molecule has 4 nitrogen and oxygen atoms in total. The lowest BCUT2D eigenvalue weighted by Crippen LogP contribution is -2.49. The predicted molar refractivity (Wildman–Crippen MR) is 100 cm³/mol. The Balaban J connectivity index is 1.48. The van der Waals surface area contributed by atoms with Crippen LogP contribution in [0.25, 0.3) is 10.9 Å². The third-order valence-corrected chi connectivity index (χ3v) is 6.15. The molecule has 0 radical (unpaired) electrons. The molecule has 0 atom stereocenters. The first-order valence-electron chi connectivity index (χ1n) is 8.94. The van der Waals surface area contributed by atoms with Crippen molar-refractivity contribution in [3.8, 4) is 5.75 Å². The largest absolute Gasteiger partial charge is 0.505 e. The summed E-state index contributed by atoms with van der Waals surface area (Å²) in [7, 11) is 0. The van der Waals surface area contributed by atoms with Crippen LogP contribution in [0.15, 0.2) is 28.9 Å². The van der Waals surface area contributed by atoms with Crippen LogP contribution in [-0.4, -0.2) is 52.1 Å². The number of nitrogens with zero attached hydrogens (tertiary/aromatic N) is 3. The fourth-order valence-electron chi connectivity index (χ4n) is 4.19. The third-order valence-electron chi connectivity index (χ3n) is 5.55. The molecule has 1 aromatic carbocycles. The van der Waals surface area contributed by atoms with Gasteiger partial charge in [0, 0.05) is 50.3 Å². The van der Waals surface area contributed by atoms with Crippen molar-refractivity contribution in [2.75, 3.05) is 26.2 Å². The summed E-state index contributed by atoms with van der Waals surface area (Å²) in [5.74, 6) is 0.236. The number of pyridine rings is 1. The van der Waals surface area contributed by atoms with Gasteiger partial charge in [0.1, 0.15) is 5.52 Å². The fourth-order valence-corrected chi connectivity index (χ4v) is 4.66. The summed E-state index contributed by atoms with van der Waals surface area (Å²) in [6.45, 7) is 5.52. The van der Waals surface area contributed by atoms with Gasteiger partial charge in [0.25, 0.3) is 0 Å². The SMILES string of the molecule is Oc1c(Br)cc(CN2CCN(C3CCCC3)CC2)c2cccnc12. The van der Waals surface area contributed by atoms with Crippen molar-refractivity contribution in [1.29, 1.82) is 0 Å². The molecule has 128 valence electrons. The summed E-state index contributed by atoms with van der Waals surface area (Å²) in [6.07, 6.45) is 7.33. The minimum atomic E-state index is 0.236. The van der Waals surface area contributed by atoms with Gasteiger partial charge in [-0.05, 0) is 46.5 Å². The molecule has 0 spiro atoms.